The molecule has 0 aliphatic carbocycles. The number of likely N-dealkylation sites (tertiary alicyclic amines) is 1. The maximum atomic E-state index is 12.4. The van der Waals surface area contributed by atoms with Crippen LogP contribution in [0.15, 0.2) is 6.07 Å². The van der Waals surface area contributed by atoms with Crippen molar-refractivity contribution in [3.05, 3.63) is 17.5 Å². The molecule has 0 radical (unpaired) electrons. The van der Waals surface area contributed by atoms with Crippen molar-refractivity contribution < 1.29 is 14.3 Å². The van der Waals surface area contributed by atoms with Crippen molar-refractivity contribution in [1.29, 1.82) is 0 Å². The number of carbonyl (C=O) groups excluding carboxylic acids is 1. The predicted molar refractivity (Wildman–Crippen MR) is 87.6 cm³/mol. The molecular weight excluding hydrogens is 294 g/mol. The van der Waals surface area contributed by atoms with Crippen LogP contribution in [0.2, 0.25) is 0 Å². The van der Waals surface area contributed by atoms with E-state index in [0.717, 1.165) is 30.7 Å². The molecule has 1 unspecified atom stereocenters. The summed E-state index contributed by atoms with van der Waals surface area (Å²) in [5, 5.41) is 0. The number of hydrogen-bond donors (Lipinski definition) is 0. The van der Waals surface area contributed by atoms with Crippen molar-refractivity contribution in [2.75, 3.05) is 13.2 Å². The van der Waals surface area contributed by atoms with E-state index >= 15 is 0 Å². The third-order valence-corrected chi connectivity index (χ3v) is 3.62. The highest BCUT2D eigenvalue weighted by atomic mass is 16.6. The average Bonchev–Trinajstić information content (AvgIpc) is 2.42. The molecule has 1 amide bonds. The number of piperidine rings is 1. The summed E-state index contributed by atoms with van der Waals surface area (Å²) in [7, 11) is 0. The number of amides is 1. The molecule has 1 aliphatic rings. The Bertz CT molecular complexity index is 534. The largest absolute Gasteiger partial charge is 0.461 e. The molecule has 1 saturated heterocycles. The standard InChI is InChI=1S/C17H27N3O3/c1-12-10-13(2)19-15(18-12)22-11-14-8-6-7-9-20(14)16(21)23-17(3,4)5/h10,14H,6-9,11H2,1-5H3. The number of aromatic nitrogens is 2. The van der Waals surface area contributed by atoms with Crippen LogP contribution in [0.4, 0.5) is 4.79 Å². The smallest absolute Gasteiger partial charge is 0.410 e. The summed E-state index contributed by atoms with van der Waals surface area (Å²) in [6.45, 7) is 10.6. The predicted octanol–water partition coefficient (Wildman–Crippen LogP) is 3.26. The van der Waals surface area contributed by atoms with Crippen molar-refractivity contribution in [2.24, 2.45) is 0 Å². The Morgan fingerprint density at radius 1 is 1.26 bits per heavy atom. The maximum Gasteiger partial charge on any atom is 0.410 e. The zero-order chi connectivity index (χ0) is 17.0. The Kier molecular flexibility index (Phi) is 5.44. The molecule has 0 saturated carbocycles. The quantitative estimate of drug-likeness (QED) is 0.855. The zero-order valence-corrected chi connectivity index (χ0v) is 14.8. The molecule has 2 heterocycles. The van der Waals surface area contributed by atoms with E-state index in [-0.39, 0.29) is 12.1 Å². The normalized spacial score (nSPS) is 18.7. The number of nitrogens with zero attached hydrogens (tertiary/aromatic N) is 3. The first-order valence-corrected chi connectivity index (χ1v) is 8.19. The van der Waals surface area contributed by atoms with E-state index < -0.39 is 5.60 Å². The summed E-state index contributed by atoms with van der Waals surface area (Å²) in [6.07, 6.45) is 2.72. The summed E-state index contributed by atoms with van der Waals surface area (Å²) < 4.78 is 11.2. The van der Waals surface area contributed by atoms with Crippen molar-refractivity contribution in [1.82, 2.24) is 14.9 Å². The van der Waals surface area contributed by atoms with Gasteiger partial charge in [0.25, 0.3) is 0 Å². The minimum atomic E-state index is -0.489. The number of rotatable bonds is 3. The minimum Gasteiger partial charge on any atom is -0.461 e. The second-order valence-electron chi connectivity index (χ2n) is 7.07. The molecule has 23 heavy (non-hydrogen) atoms. The van der Waals surface area contributed by atoms with Gasteiger partial charge in [0.05, 0.1) is 6.04 Å². The van der Waals surface area contributed by atoms with E-state index in [9.17, 15) is 4.79 Å². The molecule has 6 nitrogen and oxygen atoms in total. The zero-order valence-electron chi connectivity index (χ0n) is 14.8. The first-order chi connectivity index (χ1) is 10.7. The highest BCUT2D eigenvalue weighted by Crippen LogP contribution is 2.21. The van der Waals surface area contributed by atoms with Gasteiger partial charge in [-0.15, -0.1) is 0 Å². The molecule has 128 valence electrons. The van der Waals surface area contributed by atoms with Crippen molar-refractivity contribution in [3.8, 4) is 6.01 Å². The molecule has 1 aliphatic heterocycles. The lowest BCUT2D eigenvalue weighted by atomic mass is 10.0. The van der Waals surface area contributed by atoms with Gasteiger partial charge in [-0.2, -0.15) is 0 Å². The van der Waals surface area contributed by atoms with E-state index in [4.69, 9.17) is 9.47 Å². The SMILES string of the molecule is Cc1cc(C)nc(OCC2CCCCN2C(=O)OC(C)(C)C)n1. The van der Waals surface area contributed by atoms with Crippen LogP contribution in [0, 0.1) is 13.8 Å². The summed E-state index contributed by atoms with van der Waals surface area (Å²) in [4.78, 5) is 22.7. The van der Waals surface area contributed by atoms with Gasteiger partial charge in [0, 0.05) is 17.9 Å². The highest BCUT2D eigenvalue weighted by molar-refractivity contribution is 5.68. The van der Waals surface area contributed by atoms with E-state index in [1.165, 1.54) is 0 Å². The fourth-order valence-electron chi connectivity index (χ4n) is 2.66. The molecule has 0 aromatic carbocycles. The number of carbonyl (C=O) groups is 1. The van der Waals surface area contributed by atoms with Gasteiger partial charge in [-0.3, -0.25) is 0 Å². The van der Waals surface area contributed by atoms with Crippen LogP contribution in [-0.2, 0) is 4.74 Å². The van der Waals surface area contributed by atoms with Crippen LogP contribution in [0.3, 0.4) is 0 Å². The van der Waals surface area contributed by atoms with Gasteiger partial charge in [0.15, 0.2) is 0 Å². The lowest BCUT2D eigenvalue weighted by Gasteiger charge is -2.36. The van der Waals surface area contributed by atoms with Gasteiger partial charge in [0.2, 0.25) is 0 Å². The summed E-state index contributed by atoms with van der Waals surface area (Å²) in [5.74, 6) is 0. The monoisotopic (exact) mass is 321 g/mol. The Labute approximate surface area is 138 Å². The third kappa shape index (κ3) is 5.37. The second-order valence-corrected chi connectivity index (χ2v) is 7.07. The first kappa shape index (κ1) is 17.5. The third-order valence-electron chi connectivity index (χ3n) is 3.62. The molecular formula is C17H27N3O3. The van der Waals surface area contributed by atoms with Gasteiger partial charge in [0.1, 0.15) is 12.2 Å². The molecule has 2 rings (SSSR count). The molecule has 1 atom stereocenters. The second kappa shape index (κ2) is 7.15. The van der Waals surface area contributed by atoms with Gasteiger partial charge in [-0.25, -0.2) is 14.8 Å². The average molecular weight is 321 g/mol. The Hall–Kier alpha value is -1.85. The number of ether oxygens (including phenoxy) is 2. The van der Waals surface area contributed by atoms with Crippen molar-refractivity contribution in [2.45, 2.75) is 65.5 Å². The Morgan fingerprint density at radius 3 is 2.52 bits per heavy atom. The summed E-state index contributed by atoms with van der Waals surface area (Å²) in [6, 6.07) is 2.28. The van der Waals surface area contributed by atoms with Crippen LogP contribution in [0.25, 0.3) is 0 Å². The fourth-order valence-corrected chi connectivity index (χ4v) is 2.66. The van der Waals surface area contributed by atoms with Crippen molar-refractivity contribution >= 4 is 6.09 Å². The summed E-state index contributed by atoms with van der Waals surface area (Å²) in [5.41, 5.74) is 1.26. The maximum absolute atomic E-state index is 12.4. The van der Waals surface area contributed by atoms with Crippen LogP contribution in [0.5, 0.6) is 6.01 Å². The van der Waals surface area contributed by atoms with Crippen molar-refractivity contribution in [3.63, 3.8) is 0 Å². The first-order valence-electron chi connectivity index (χ1n) is 8.19. The number of aryl methyl sites for hydroxylation is 2. The van der Waals surface area contributed by atoms with Gasteiger partial charge in [-0.1, -0.05) is 0 Å². The van der Waals surface area contributed by atoms with Crippen LogP contribution in [-0.4, -0.2) is 45.8 Å². The molecule has 0 N–H and O–H groups in total. The van der Waals surface area contributed by atoms with E-state index in [0.29, 0.717) is 19.2 Å². The van der Waals surface area contributed by atoms with Gasteiger partial charge < -0.3 is 14.4 Å². The highest BCUT2D eigenvalue weighted by Gasteiger charge is 2.31. The van der Waals surface area contributed by atoms with E-state index in [2.05, 4.69) is 9.97 Å². The van der Waals surface area contributed by atoms with Crippen LogP contribution >= 0.6 is 0 Å². The molecule has 6 heteroatoms. The molecule has 1 aromatic rings. The van der Waals surface area contributed by atoms with Gasteiger partial charge in [-0.05, 0) is 59.9 Å². The molecule has 1 aromatic heterocycles. The van der Waals surface area contributed by atoms with Crippen LogP contribution in [0.1, 0.15) is 51.4 Å². The van der Waals surface area contributed by atoms with Crippen LogP contribution < -0.4 is 4.74 Å². The Balaban J connectivity index is 1.99. The molecule has 0 bridgehead atoms. The van der Waals surface area contributed by atoms with E-state index in [1.807, 2.05) is 40.7 Å². The Morgan fingerprint density at radius 2 is 1.91 bits per heavy atom. The fraction of sp³-hybridized carbons (Fsp3) is 0.706. The molecule has 0 spiro atoms. The van der Waals surface area contributed by atoms with E-state index in [1.54, 1.807) is 4.90 Å². The number of hydrogen-bond acceptors (Lipinski definition) is 5. The lowest BCUT2D eigenvalue weighted by Crippen LogP contribution is -2.48. The topological polar surface area (TPSA) is 64.5 Å². The lowest BCUT2D eigenvalue weighted by molar-refractivity contribution is 0.00303. The summed E-state index contributed by atoms with van der Waals surface area (Å²) >= 11 is 0. The minimum absolute atomic E-state index is 0.00279. The molecule has 1 fully saturated rings. The van der Waals surface area contributed by atoms with Gasteiger partial charge >= 0.3 is 12.1 Å².